The smallest absolute Gasteiger partial charge is 0.379 e. The zero-order chi connectivity index (χ0) is 25.8. The molecular formula is C28H20ClN3O5. The van der Waals surface area contributed by atoms with Crippen molar-refractivity contribution in [3.63, 3.8) is 0 Å². The van der Waals surface area contributed by atoms with Crippen LogP contribution in [0.15, 0.2) is 94.6 Å². The van der Waals surface area contributed by atoms with Gasteiger partial charge in [0.25, 0.3) is 5.91 Å². The molecule has 184 valence electrons. The van der Waals surface area contributed by atoms with E-state index in [1.54, 1.807) is 30.3 Å². The van der Waals surface area contributed by atoms with Crippen LogP contribution in [0, 0.1) is 0 Å². The van der Waals surface area contributed by atoms with Crippen LogP contribution in [-0.4, -0.2) is 30.2 Å². The number of hydrogen-bond donors (Lipinski definition) is 2. The van der Waals surface area contributed by atoms with Crippen molar-refractivity contribution in [2.75, 3.05) is 7.11 Å². The molecule has 0 spiro atoms. The first-order chi connectivity index (χ1) is 18.0. The lowest BCUT2D eigenvalue weighted by atomic mass is 10.0. The molecule has 0 radical (unpaired) electrons. The van der Waals surface area contributed by atoms with Gasteiger partial charge >= 0.3 is 5.97 Å². The highest BCUT2D eigenvalue weighted by Crippen LogP contribution is 2.36. The molecular weight excluding hydrogens is 494 g/mol. The number of benzene rings is 3. The minimum absolute atomic E-state index is 0.0727. The molecule has 3 aromatic carbocycles. The number of nitrogens with one attached hydrogen (secondary N) is 2. The number of halogens is 1. The van der Waals surface area contributed by atoms with Gasteiger partial charge in [-0.05, 0) is 48.0 Å². The topological polar surface area (TPSA) is 106 Å². The van der Waals surface area contributed by atoms with Crippen LogP contribution in [0.3, 0.4) is 0 Å². The molecule has 0 saturated heterocycles. The molecule has 2 N–H and O–H groups in total. The summed E-state index contributed by atoms with van der Waals surface area (Å²) in [6, 6.07) is 22.9. The van der Waals surface area contributed by atoms with E-state index in [0.29, 0.717) is 27.6 Å². The van der Waals surface area contributed by atoms with Gasteiger partial charge < -0.3 is 18.9 Å². The highest BCUT2D eigenvalue weighted by atomic mass is 35.5. The molecule has 0 fully saturated rings. The third-order valence-electron chi connectivity index (χ3n) is 5.57. The van der Waals surface area contributed by atoms with Gasteiger partial charge in [-0.25, -0.2) is 10.2 Å². The number of aromatic amines is 1. The Morgan fingerprint density at radius 3 is 2.59 bits per heavy atom. The molecule has 2 aromatic heterocycles. The molecule has 0 atom stereocenters. The third kappa shape index (κ3) is 4.96. The van der Waals surface area contributed by atoms with Crippen LogP contribution in [0.1, 0.15) is 26.6 Å². The van der Waals surface area contributed by atoms with Crippen LogP contribution in [0.25, 0.3) is 22.0 Å². The first-order valence-corrected chi connectivity index (χ1v) is 11.6. The summed E-state index contributed by atoms with van der Waals surface area (Å²) in [5.74, 6) is -0.481. The number of nitrogens with zero attached hydrogens (tertiary/aromatic N) is 1. The quantitative estimate of drug-likeness (QED) is 0.119. The fourth-order valence-electron chi connectivity index (χ4n) is 3.87. The fraction of sp³-hybridized carbons (Fsp3) is 0.0357. The number of ether oxygens (including phenoxy) is 2. The van der Waals surface area contributed by atoms with Crippen LogP contribution < -0.4 is 14.9 Å². The van der Waals surface area contributed by atoms with Crippen LogP contribution >= 0.6 is 11.6 Å². The van der Waals surface area contributed by atoms with E-state index in [1.165, 1.54) is 25.7 Å². The number of esters is 1. The molecule has 8 nitrogen and oxygen atoms in total. The second-order valence-electron chi connectivity index (χ2n) is 7.88. The summed E-state index contributed by atoms with van der Waals surface area (Å²) in [5, 5.41) is 5.50. The molecule has 0 bridgehead atoms. The zero-order valence-electron chi connectivity index (χ0n) is 19.5. The molecule has 5 aromatic rings. The summed E-state index contributed by atoms with van der Waals surface area (Å²) in [6.45, 7) is 0. The number of H-pyrrole nitrogens is 1. The average Bonchev–Trinajstić information content (AvgIpc) is 3.58. The minimum Gasteiger partial charge on any atom is -0.493 e. The Morgan fingerprint density at radius 2 is 1.81 bits per heavy atom. The highest BCUT2D eigenvalue weighted by Gasteiger charge is 2.20. The van der Waals surface area contributed by atoms with Gasteiger partial charge in [0.05, 0.1) is 19.6 Å². The molecule has 0 aliphatic heterocycles. The van der Waals surface area contributed by atoms with E-state index in [-0.39, 0.29) is 11.5 Å². The second kappa shape index (κ2) is 10.4. The molecule has 0 unspecified atom stereocenters. The van der Waals surface area contributed by atoms with Crippen LogP contribution in [0.5, 0.6) is 11.5 Å². The summed E-state index contributed by atoms with van der Waals surface area (Å²) in [5.41, 5.74) is 5.74. The van der Waals surface area contributed by atoms with Crippen molar-refractivity contribution in [1.29, 1.82) is 0 Å². The summed E-state index contributed by atoms with van der Waals surface area (Å²) < 4.78 is 15.7. The Labute approximate surface area is 216 Å². The van der Waals surface area contributed by atoms with Gasteiger partial charge in [-0.2, -0.15) is 5.10 Å². The number of hydrogen-bond acceptors (Lipinski definition) is 6. The summed E-state index contributed by atoms with van der Waals surface area (Å²) in [6.07, 6.45) is 2.84. The number of hydrazone groups is 1. The lowest BCUT2D eigenvalue weighted by molar-refractivity contribution is 0.0696. The standard InChI is InChI=1S/C28H20ClN3O5/c1-35-24-15-17(12-13-22(24)37-28(34)23-11-6-14-36-23)16-30-32-27(33)26-25(18-7-2-4-9-20(18)29)19-8-3-5-10-21(19)31-26/h2-16,31H,1H3,(H,32,33). The maximum absolute atomic E-state index is 13.1. The molecule has 2 heterocycles. The maximum atomic E-state index is 13.1. The second-order valence-corrected chi connectivity index (χ2v) is 8.28. The minimum atomic E-state index is -0.648. The van der Waals surface area contributed by atoms with E-state index in [9.17, 15) is 9.59 Å². The predicted molar refractivity (Wildman–Crippen MR) is 140 cm³/mol. The lowest BCUT2D eigenvalue weighted by Crippen LogP contribution is -2.19. The number of carbonyl (C=O) groups excluding carboxylic acids is 2. The number of amides is 1. The van der Waals surface area contributed by atoms with Crippen molar-refractivity contribution in [1.82, 2.24) is 10.4 Å². The molecule has 0 aliphatic carbocycles. The maximum Gasteiger partial charge on any atom is 0.379 e. The molecule has 0 aliphatic rings. The SMILES string of the molecule is COc1cc(C=NNC(=O)c2[nH]c3ccccc3c2-c2ccccc2Cl)ccc1OC(=O)c1ccco1. The molecule has 37 heavy (non-hydrogen) atoms. The number of fused-ring (bicyclic) bond motifs is 1. The Balaban J connectivity index is 1.36. The Bertz CT molecular complexity index is 1620. The van der Waals surface area contributed by atoms with Crippen LogP contribution in [-0.2, 0) is 0 Å². The van der Waals surface area contributed by atoms with Crippen molar-refractivity contribution >= 4 is 40.6 Å². The van der Waals surface area contributed by atoms with E-state index >= 15 is 0 Å². The van der Waals surface area contributed by atoms with Gasteiger partial charge in [-0.3, -0.25) is 4.79 Å². The normalized spacial score (nSPS) is 11.1. The summed E-state index contributed by atoms with van der Waals surface area (Å²) in [7, 11) is 1.45. The third-order valence-corrected chi connectivity index (χ3v) is 5.90. The summed E-state index contributed by atoms with van der Waals surface area (Å²) >= 11 is 6.46. The number of aromatic nitrogens is 1. The lowest BCUT2D eigenvalue weighted by Gasteiger charge is -2.09. The monoisotopic (exact) mass is 513 g/mol. The van der Waals surface area contributed by atoms with Crippen LogP contribution in [0.4, 0.5) is 0 Å². The van der Waals surface area contributed by atoms with Crippen molar-refractivity contribution in [3.05, 3.63) is 107 Å². The molecule has 0 saturated carbocycles. The fourth-order valence-corrected chi connectivity index (χ4v) is 4.10. The summed E-state index contributed by atoms with van der Waals surface area (Å²) in [4.78, 5) is 28.5. The predicted octanol–water partition coefficient (Wildman–Crippen LogP) is 6.07. The van der Waals surface area contributed by atoms with Crippen molar-refractivity contribution < 1.29 is 23.5 Å². The van der Waals surface area contributed by atoms with Gasteiger partial charge in [0, 0.05) is 27.1 Å². The van der Waals surface area contributed by atoms with Gasteiger partial charge in [0.2, 0.25) is 5.76 Å². The molecule has 5 rings (SSSR count). The van der Waals surface area contributed by atoms with E-state index in [0.717, 1.165) is 16.5 Å². The van der Waals surface area contributed by atoms with E-state index in [4.69, 9.17) is 25.5 Å². The van der Waals surface area contributed by atoms with E-state index in [2.05, 4.69) is 15.5 Å². The van der Waals surface area contributed by atoms with Crippen molar-refractivity contribution in [2.45, 2.75) is 0 Å². The highest BCUT2D eigenvalue weighted by molar-refractivity contribution is 6.34. The Morgan fingerprint density at radius 1 is 1.00 bits per heavy atom. The Kier molecular flexibility index (Phi) is 6.74. The van der Waals surface area contributed by atoms with Crippen molar-refractivity contribution in [3.8, 4) is 22.6 Å². The Hall–Kier alpha value is -4.82. The first-order valence-electron chi connectivity index (χ1n) is 11.2. The molecule has 9 heteroatoms. The van der Waals surface area contributed by atoms with Gasteiger partial charge in [-0.15, -0.1) is 0 Å². The number of rotatable bonds is 7. The average molecular weight is 514 g/mol. The zero-order valence-corrected chi connectivity index (χ0v) is 20.3. The van der Waals surface area contributed by atoms with E-state index < -0.39 is 11.9 Å². The van der Waals surface area contributed by atoms with E-state index in [1.807, 2.05) is 42.5 Å². The molecule has 1 amide bonds. The van der Waals surface area contributed by atoms with Gasteiger partial charge in [-0.1, -0.05) is 48.0 Å². The number of furan rings is 1. The van der Waals surface area contributed by atoms with Crippen LogP contribution in [0.2, 0.25) is 5.02 Å². The number of para-hydroxylation sites is 1. The first kappa shape index (κ1) is 23.9. The van der Waals surface area contributed by atoms with Gasteiger partial charge in [0.15, 0.2) is 11.5 Å². The van der Waals surface area contributed by atoms with Crippen molar-refractivity contribution in [2.24, 2.45) is 5.10 Å². The largest absolute Gasteiger partial charge is 0.493 e. The number of methoxy groups -OCH3 is 1. The van der Waals surface area contributed by atoms with Gasteiger partial charge in [0.1, 0.15) is 5.69 Å². The number of carbonyl (C=O) groups is 2.